The van der Waals surface area contributed by atoms with E-state index in [9.17, 15) is 4.79 Å². The summed E-state index contributed by atoms with van der Waals surface area (Å²) in [5, 5.41) is 0.456. The Morgan fingerprint density at radius 3 is 2.71 bits per heavy atom. The topological polar surface area (TPSA) is 44.8 Å². The van der Waals surface area contributed by atoms with Gasteiger partial charge in [-0.05, 0) is 29.8 Å². The van der Waals surface area contributed by atoms with Crippen LogP contribution in [-0.2, 0) is 11.3 Å². The molecule has 1 aliphatic rings. The minimum Gasteiger partial charge on any atom is -0.486 e. The molecule has 108 valence electrons. The molecule has 0 aliphatic carbocycles. The number of carbonyl (C=O) groups excluding carboxylic acids is 1. The summed E-state index contributed by atoms with van der Waals surface area (Å²) in [4.78, 5) is 11.9. The molecule has 1 heterocycles. The molecule has 0 spiro atoms. The van der Waals surface area contributed by atoms with Crippen LogP contribution in [0.25, 0.3) is 0 Å². The molecule has 3 rings (SSSR count). The van der Waals surface area contributed by atoms with Crippen molar-refractivity contribution >= 4 is 17.6 Å². The maximum atomic E-state index is 11.9. The fraction of sp³-hybridized carbons (Fsp3) is 0.188. The van der Waals surface area contributed by atoms with Gasteiger partial charge in [-0.25, -0.2) is 4.79 Å². The van der Waals surface area contributed by atoms with Crippen LogP contribution < -0.4 is 9.47 Å². The molecule has 0 N–H and O–H groups in total. The van der Waals surface area contributed by atoms with E-state index < -0.39 is 0 Å². The quantitative estimate of drug-likeness (QED) is 0.815. The summed E-state index contributed by atoms with van der Waals surface area (Å²) >= 11 is 6.13. The van der Waals surface area contributed by atoms with Crippen LogP contribution in [0.15, 0.2) is 42.5 Å². The summed E-state index contributed by atoms with van der Waals surface area (Å²) in [6, 6.07) is 12.3. The van der Waals surface area contributed by atoms with Crippen LogP contribution >= 0.6 is 11.6 Å². The minimum atomic E-state index is -0.374. The Bertz CT molecular complexity index is 655. The number of carbonyl (C=O) groups is 1. The van der Waals surface area contributed by atoms with Gasteiger partial charge in [-0.15, -0.1) is 0 Å². The third kappa shape index (κ3) is 3.11. The highest BCUT2D eigenvalue weighted by Gasteiger charge is 2.17. The van der Waals surface area contributed by atoms with E-state index in [2.05, 4.69) is 0 Å². The lowest BCUT2D eigenvalue weighted by Gasteiger charge is -2.20. The molecule has 0 atom stereocenters. The van der Waals surface area contributed by atoms with Crippen molar-refractivity contribution in [2.24, 2.45) is 0 Å². The second-order valence-corrected chi connectivity index (χ2v) is 4.95. The van der Waals surface area contributed by atoms with E-state index in [-0.39, 0.29) is 12.6 Å². The highest BCUT2D eigenvalue weighted by molar-refractivity contribution is 6.32. The maximum absolute atomic E-state index is 11.9. The summed E-state index contributed by atoms with van der Waals surface area (Å²) in [5.74, 6) is 0.752. The van der Waals surface area contributed by atoms with Gasteiger partial charge in [0.1, 0.15) is 19.8 Å². The fourth-order valence-corrected chi connectivity index (χ4v) is 2.34. The standard InChI is InChI=1S/C16H13ClO4/c17-13-8-11(9-14-15(13)20-7-6-19-14)10-21-16(18)12-4-2-1-3-5-12/h1-5,8-9H,6-7,10H2. The largest absolute Gasteiger partial charge is 0.486 e. The Morgan fingerprint density at radius 2 is 1.90 bits per heavy atom. The number of esters is 1. The molecule has 0 fully saturated rings. The first kappa shape index (κ1) is 13.8. The van der Waals surface area contributed by atoms with E-state index in [1.54, 1.807) is 36.4 Å². The molecule has 0 bridgehead atoms. The zero-order chi connectivity index (χ0) is 14.7. The van der Waals surface area contributed by atoms with E-state index in [1.807, 2.05) is 6.07 Å². The van der Waals surface area contributed by atoms with Crippen LogP contribution in [0, 0.1) is 0 Å². The van der Waals surface area contributed by atoms with Crippen LogP contribution in [-0.4, -0.2) is 19.2 Å². The first-order valence-corrected chi connectivity index (χ1v) is 6.92. The Balaban J connectivity index is 1.71. The molecule has 4 nitrogen and oxygen atoms in total. The maximum Gasteiger partial charge on any atom is 0.338 e. The fourth-order valence-electron chi connectivity index (χ4n) is 2.05. The summed E-state index contributed by atoms with van der Waals surface area (Å²) in [5.41, 5.74) is 1.27. The Hall–Kier alpha value is -2.20. The van der Waals surface area contributed by atoms with E-state index in [4.69, 9.17) is 25.8 Å². The lowest BCUT2D eigenvalue weighted by Crippen LogP contribution is -2.16. The summed E-state index contributed by atoms with van der Waals surface area (Å²) in [7, 11) is 0. The molecule has 2 aromatic carbocycles. The van der Waals surface area contributed by atoms with Crippen molar-refractivity contribution in [1.82, 2.24) is 0 Å². The van der Waals surface area contributed by atoms with Crippen LogP contribution in [0.3, 0.4) is 0 Å². The van der Waals surface area contributed by atoms with Gasteiger partial charge in [0.25, 0.3) is 0 Å². The lowest BCUT2D eigenvalue weighted by atomic mass is 10.2. The van der Waals surface area contributed by atoms with Crippen LogP contribution in [0.4, 0.5) is 0 Å². The van der Waals surface area contributed by atoms with E-state index in [1.165, 1.54) is 0 Å². The predicted octanol–water partition coefficient (Wildman–Crippen LogP) is 3.47. The predicted molar refractivity (Wildman–Crippen MR) is 78.0 cm³/mol. The molecule has 2 aromatic rings. The van der Waals surface area contributed by atoms with Crippen molar-refractivity contribution in [3.8, 4) is 11.5 Å². The molecule has 0 amide bonds. The molecular formula is C16H13ClO4. The molecule has 0 aromatic heterocycles. The third-order valence-corrected chi connectivity index (χ3v) is 3.32. The zero-order valence-electron chi connectivity index (χ0n) is 11.2. The molecular weight excluding hydrogens is 292 g/mol. The SMILES string of the molecule is O=C(OCc1cc(Cl)c2c(c1)OCCO2)c1ccccc1. The highest BCUT2D eigenvalue weighted by atomic mass is 35.5. The van der Waals surface area contributed by atoms with Crippen LogP contribution in [0.2, 0.25) is 5.02 Å². The number of fused-ring (bicyclic) bond motifs is 1. The zero-order valence-corrected chi connectivity index (χ0v) is 11.9. The Labute approximate surface area is 127 Å². The van der Waals surface area contributed by atoms with Gasteiger partial charge in [-0.2, -0.15) is 0 Å². The second kappa shape index (κ2) is 6.06. The van der Waals surface area contributed by atoms with Crippen molar-refractivity contribution in [1.29, 1.82) is 0 Å². The Kier molecular flexibility index (Phi) is 3.97. The number of benzene rings is 2. The van der Waals surface area contributed by atoms with Gasteiger partial charge in [0, 0.05) is 0 Å². The van der Waals surface area contributed by atoms with E-state index in [0.717, 1.165) is 5.56 Å². The second-order valence-electron chi connectivity index (χ2n) is 4.54. The summed E-state index contributed by atoms with van der Waals surface area (Å²) in [6.07, 6.45) is 0. The number of rotatable bonds is 3. The van der Waals surface area contributed by atoms with Gasteiger partial charge >= 0.3 is 5.97 Å². The third-order valence-electron chi connectivity index (χ3n) is 3.04. The first-order chi connectivity index (χ1) is 10.2. The number of hydrogen-bond acceptors (Lipinski definition) is 4. The lowest BCUT2D eigenvalue weighted by molar-refractivity contribution is 0.0472. The highest BCUT2D eigenvalue weighted by Crippen LogP contribution is 2.38. The summed E-state index contributed by atoms with van der Waals surface area (Å²) < 4.78 is 16.2. The van der Waals surface area contributed by atoms with Crippen molar-refractivity contribution in [3.05, 3.63) is 58.6 Å². The molecule has 21 heavy (non-hydrogen) atoms. The number of ether oxygens (including phenoxy) is 3. The van der Waals surface area contributed by atoms with Crippen molar-refractivity contribution in [3.63, 3.8) is 0 Å². The normalized spacial score (nSPS) is 12.8. The number of hydrogen-bond donors (Lipinski definition) is 0. The molecule has 0 saturated carbocycles. The summed E-state index contributed by atoms with van der Waals surface area (Å²) in [6.45, 7) is 1.09. The molecule has 1 aliphatic heterocycles. The van der Waals surface area contributed by atoms with Gasteiger partial charge in [-0.3, -0.25) is 0 Å². The first-order valence-electron chi connectivity index (χ1n) is 6.54. The minimum absolute atomic E-state index is 0.129. The average molecular weight is 305 g/mol. The van der Waals surface area contributed by atoms with Gasteiger partial charge in [-0.1, -0.05) is 29.8 Å². The molecule has 0 unspecified atom stereocenters. The van der Waals surface area contributed by atoms with Crippen molar-refractivity contribution in [2.45, 2.75) is 6.61 Å². The van der Waals surface area contributed by atoms with Gasteiger partial charge in [0.15, 0.2) is 11.5 Å². The molecule has 5 heteroatoms. The van der Waals surface area contributed by atoms with Gasteiger partial charge in [0.2, 0.25) is 0 Å². The van der Waals surface area contributed by atoms with E-state index in [0.29, 0.717) is 35.3 Å². The van der Waals surface area contributed by atoms with Crippen LogP contribution in [0.5, 0.6) is 11.5 Å². The van der Waals surface area contributed by atoms with Crippen molar-refractivity contribution < 1.29 is 19.0 Å². The van der Waals surface area contributed by atoms with Gasteiger partial charge in [0.05, 0.1) is 10.6 Å². The van der Waals surface area contributed by atoms with Crippen LogP contribution in [0.1, 0.15) is 15.9 Å². The van der Waals surface area contributed by atoms with Crippen molar-refractivity contribution in [2.75, 3.05) is 13.2 Å². The smallest absolute Gasteiger partial charge is 0.338 e. The monoisotopic (exact) mass is 304 g/mol. The average Bonchev–Trinajstić information content (AvgIpc) is 2.53. The van der Waals surface area contributed by atoms with Gasteiger partial charge < -0.3 is 14.2 Å². The number of halogens is 1. The Morgan fingerprint density at radius 1 is 1.14 bits per heavy atom. The molecule has 0 saturated heterocycles. The van der Waals surface area contributed by atoms with E-state index >= 15 is 0 Å². The molecule has 0 radical (unpaired) electrons.